The third kappa shape index (κ3) is 3.19. The Kier molecular flexibility index (Phi) is 4.22. The number of nitrogens with one attached hydrogen (secondary N) is 1. The minimum atomic E-state index is 0.624. The van der Waals surface area contributed by atoms with Crippen molar-refractivity contribution in [3.8, 4) is 0 Å². The van der Waals surface area contributed by atoms with Gasteiger partial charge in [0.1, 0.15) is 0 Å². The van der Waals surface area contributed by atoms with Crippen LogP contribution in [0.25, 0.3) is 0 Å². The number of likely N-dealkylation sites (N-methyl/N-ethyl adjacent to an activating group) is 1. The van der Waals surface area contributed by atoms with Crippen molar-refractivity contribution in [2.45, 2.75) is 51.2 Å². The maximum Gasteiger partial charge on any atom is 0.0220 e. The summed E-state index contributed by atoms with van der Waals surface area (Å²) in [6.45, 7) is 9.61. The van der Waals surface area contributed by atoms with E-state index in [1.54, 1.807) is 0 Å². The molecule has 0 radical (unpaired) electrons. The van der Waals surface area contributed by atoms with Crippen molar-refractivity contribution in [2.24, 2.45) is 0 Å². The fourth-order valence-electron chi connectivity index (χ4n) is 3.11. The van der Waals surface area contributed by atoms with Crippen molar-refractivity contribution in [1.82, 2.24) is 15.1 Å². The van der Waals surface area contributed by atoms with Gasteiger partial charge in [-0.3, -0.25) is 0 Å². The second-order valence-electron chi connectivity index (χ2n) is 5.84. The van der Waals surface area contributed by atoms with E-state index in [0.717, 1.165) is 12.1 Å². The molecule has 1 N–H and O–H groups in total. The van der Waals surface area contributed by atoms with Crippen LogP contribution >= 0.6 is 0 Å². The zero-order valence-electron chi connectivity index (χ0n) is 11.1. The van der Waals surface area contributed by atoms with Gasteiger partial charge in [0, 0.05) is 31.2 Å². The first-order valence-electron chi connectivity index (χ1n) is 6.84. The minimum Gasteiger partial charge on any atom is -0.310 e. The Morgan fingerprint density at radius 1 is 1.25 bits per heavy atom. The van der Waals surface area contributed by atoms with Crippen LogP contribution < -0.4 is 5.32 Å². The summed E-state index contributed by atoms with van der Waals surface area (Å²) in [5.74, 6) is 0. The molecule has 2 unspecified atom stereocenters. The van der Waals surface area contributed by atoms with Crippen molar-refractivity contribution in [3.63, 3.8) is 0 Å². The molecule has 16 heavy (non-hydrogen) atoms. The molecule has 2 rings (SSSR count). The van der Waals surface area contributed by atoms with Crippen molar-refractivity contribution in [1.29, 1.82) is 0 Å². The monoisotopic (exact) mass is 225 g/mol. The number of rotatable bonds is 4. The third-order valence-electron chi connectivity index (χ3n) is 3.98. The molecule has 94 valence electrons. The predicted octanol–water partition coefficient (Wildman–Crippen LogP) is 1.15. The summed E-state index contributed by atoms with van der Waals surface area (Å²) in [5.41, 5.74) is 0. The Morgan fingerprint density at radius 3 is 2.69 bits per heavy atom. The van der Waals surface area contributed by atoms with E-state index in [2.05, 4.69) is 36.0 Å². The van der Waals surface area contributed by atoms with Crippen molar-refractivity contribution in [2.75, 3.05) is 33.2 Å². The fraction of sp³-hybridized carbons (Fsp3) is 1.00. The molecule has 0 spiro atoms. The third-order valence-corrected chi connectivity index (χ3v) is 3.98. The highest BCUT2D eigenvalue weighted by Crippen LogP contribution is 2.18. The molecule has 0 aromatic carbocycles. The number of hydrogen-bond donors (Lipinski definition) is 1. The van der Waals surface area contributed by atoms with E-state index in [9.17, 15) is 0 Å². The summed E-state index contributed by atoms with van der Waals surface area (Å²) in [7, 11) is 2.28. The highest BCUT2D eigenvalue weighted by Gasteiger charge is 2.28. The lowest BCUT2D eigenvalue weighted by atomic mass is 10.2. The van der Waals surface area contributed by atoms with E-state index >= 15 is 0 Å². The average Bonchev–Trinajstić information content (AvgIpc) is 2.77. The summed E-state index contributed by atoms with van der Waals surface area (Å²) >= 11 is 0. The molecule has 0 saturated carbocycles. The van der Waals surface area contributed by atoms with Crippen molar-refractivity contribution in [3.05, 3.63) is 0 Å². The van der Waals surface area contributed by atoms with Crippen LogP contribution in [0.3, 0.4) is 0 Å². The summed E-state index contributed by atoms with van der Waals surface area (Å²) in [6, 6.07) is 2.17. The zero-order chi connectivity index (χ0) is 11.5. The van der Waals surface area contributed by atoms with E-state index in [0.29, 0.717) is 6.04 Å². The predicted molar refractivity (Wildman–Crippen MR) is 68.8 cm³/mol. The maximum atomic E-state index is 3.65. The van der Waals surface area contributed by atoms with Crippen molar-refractivity contribution >= 4 is 0 Å². The Bertz CT molecular complexity index is 217. The van der Waals surface area contributed by atoms with Crippen LogP contribution in [0.15, 0.2) is 0 Å². The highest BCUT2D eigenvalue weighted by atomic mass is 15.2. The van der Waals surface area contributed by atoms with Gasteiger partial charge in [0.15, 0.2) is 0 Å². The molecule has 0 aliphatic carbocycles. The molecule has 0 bridgehead atoms. The lowest BCUT2D eigenvalue weighted by Gasteiger charge is -2.25. The van der Waals surface area contributed by atoms with E-state index < -0.39 is 0 Å². The number of hydrogen-bond acceptors (Lipinski definition) is 3. The topological polar surface area (TPSA) is 18.5 Å². The smallest absolute Gasteiger partial charge is 0.0220 e. The molecule has 2 atom stereocenters. The van der Waals surface area contributed by atoms with Crippen LogP contribution in [-0.2, 0) is 0 Å². The Labute approximate surface area is 100 Å². The normalized spacial score (nSPS) is 33.0. The molecule has 0 amide bonds. The molecular formula is C13H27N3. The van der Waals surface area contributed by atoms with Crippen LogP contribution in [0.1, 0.15) is 33.1 Å². The van der Waals surface area contributed by atoms with Crippen LogP contribution in [0.5, 0.6) is 0 Å². The van der Waals surface area contributed by atoms with Gasteiger partial charge >= 0.3 is 0 Å². The van der Waals surface area contributed by atoms with E-state index in [4.69, 9.17) is 0 Å². The van der Waals surface area contributed by atoms with E-state index in [-0.39, 0.29) is 0 Å². The van der Waals surface area contributed by atoms with Gasteiger partial charge in [-0.25, -0.2) is 0 Å². The molecule has 2 aliphatic heterocycles. The van der Waals surface area contributed by atoms with Crippen LogP contribution in [0.4, 0.5) is 0 Å². The molecule has 3 heteroatoms. The molecule has 0 aromatic heterocycles. The number of likely N-dealkylation sites (tertiary alicyclic amines) is 2. The van der Waals surface area contributed by atoms with Crippen LogP contribution in [0.2, 0.25) is 0 Å². The summed E-state index contributed by atoms with van der Waals surface area (Å²) in [5, 5.41) is 3.65. The minimum absolute atomic E-state index is 0.624. The molecule has 2 heterocycles. The lowest BCUT2D eigenvalue weighted by Crippen LogP contribution is -2.40. The number of nitrogens with zero attached hydrogens (tertiary/aromatic N) is 2. The molecule has 2 aliphatic rings. The quantitative estimate of drug-likeness (QED) is 0.774. The van der Waals surface area contributed by atoms with Gasteiger partial charge in [-0.15, -0.1) is 0 Å². The van der Waals surface area contributed by atoms with Gasteiger partial charge in [0.25, 0.3) is 0 Å². The largest absolute Gasteiger partial charge is 0.310 e. The van der Waals surface area contributed by atoms with Gasteiger partial charge in [0.2, 0.25) is 0 Å². The highest BCUT2D eigenvalue weighted by molar-refractivity contribution is 4.86. The van der Waals surface area contributed by atoms with Gasteiger partial charge in [0.05, 0.1) is 0 Å². The van der Waals surface area contributed by atoms with Gasteiger partial charge < -0.3 is 15.1 Å². The first-order chi connectivity index (χ1) is 7.65. The standard InChI is InChI=1S/C13H27N3/c1-11(2)14-12-6-8-16(9-12)10-13-5-4-7-15(13)3/h11-14H,4-10H2,1-3H3. The van der Waals surface area contributed by atoms with E-state index in [1.165, 1.54) is 45.4 Å². The van der Waals surface area contributed by atoms with Crippen LogP contribution in [0, 0.1) is 0 Å². The Morgan fingerprint density at radius 2 is 2.06 bits per heavy atom. The molecule has 2 fully saturated rings. The average molecular weight is 225 g/mol. The second-order valence-corrected chi connectivity index (χ2v) is 5.84. The Hall–Kier alpha value is -0.120. The maximum absolute atomic E-state index is 3.65. The van der Waals surface area contributed by atoms with Gasteiger partial charge in [-0.05, 0) is 39.4 Å². The first-order valence-corrected chi connectivity index (χ1v) is 6.84. The SMILES string of the molecule is CC(C)NC1CCN(CC2CCCN2C)C1. The second kappa shape index (κ2) is 5.48. The fourth-order valence-corrected chi connectivity index (χ4v) is 3.11. The Balaban J connectivity index is 1.72. The van der Waals surface area contributed by atoms with Crippen LogP contribution in [-0.4, -0.2) is 61.2 Å². The molecular weight excluding hydrogens is 198 g/mol. The lowest BCUT2D eigenvalue weighted by molar-refractivity contribution is 0.216. The van der Waals surface area contributed by atoms with Crippen molar-refractivity contribution < 1.29 is 0 Å². The molecule has 3 nitrogen and oxygen atoms in total. The molecule has 2 saturated heterocycles. The zero-order valence-corrected chi connectivity index (χ0v) is 11.1. The summed E-state index contributed by atoms with van der Waals surface area (Å²) in [4.78, 5) is 5.18. The van der Waals surface area contributed by atoms with Gasteiger partial charge in [-0.1, -0.05) is 13.8 Å². The molecule has 0 aromatic rings. The summed E-state index contributed by atoms with van der Waals surface area (Å²) < 4.78 is 0. The van der Waals surface area contributed by atoms with Gasteiger partial charge in [-0.2, -0.15) is 0 Å². The first kappa shape index (κ1) is 12.3. The van der Waals surface area contributed by atoms with E-state index in [1.807, 2.05) is 0 Å². The summed E-state index contributed by atoms with van der Waals surface area (Å²) in [6.07, 6.45) is 4.12.